The first-order chi connectivity index (χ1) is 8.66. The summed E-state index contributed by atoms with van der Waals surface area (Å²) in [5.41, 5.74) is 0.933. The third kappa shape index (κ3) is 3.20. The second kappa shape index (κ2) is 5.83. The van der Waals surface area contributed by atoms with Crippen LogP contribution in [0.25, 0.3) is 0 Å². The minimum absolute atomic E-state index is 0.0896. The van der Waals surface area contributed by atoms with Gasteiger partial charge in [0.15, 0.2) is 0 Å². The van der Waals surface area contributed by atoms with Gasteiger partial charge in [-0.2, -0.15) is 0 Å². The number of halogens is 1. The summed E-state index contributed by atoms with van der Waals surface area (Å²) in [6.07, 6.45) is 0. The second-order valence-electron chi connectivity index (χ2n) is 3.96. The molecule has 2 nitrogen and oxygen atoms in total. The van der Waals surface area contributed by atoms with Gasteiger partial charge in [-0.05, 0) is 36.8 Å². The van der Waals surface area contributed by atoms with Crippen LogP contribution in [0.5, 0.6) is 11.5 Å². The fraction of sp³-hybridized carbons (Fsp3) is 0.133. The standard InChI is InChI=1S/C15H13BrO2/c1-11(17)15(16)12-7-9-14(10-8-12)18-13-5-3-2-4-6-13/h2-10,15H,1H3. The van der Waals surface area contributed by atoms with Gasteiger partial charge in [-0.25, -0.2) is 0 Å². The van der Waals surface area contributed by atoms with E-state index in [2.05, 4.69) is 15.9 Å². The number of rotatable bonds is 4. The number of benzene rings is 2. The third-order valence-corrected chi connectivity index (χ3v) is 3.68. The molecule has 3 heteroatoms. The first kappa shape index (κ1) is 12.8. The van der Waals surface area contributed by atoms with Crippen molar-refractivity contribution in [3.05, 3.63) is 60.2 Å². The maximum atomic E-state index is 11.2. The summed E-state index contributed by atoms with van der Waals surface area (Å²) in [7, 11) is 0. The van der Waals surface area contributed by atoms with Gasteiger partial charge < -0.3 is 4.74 Å². The van der Waals surface area contributed by atoms with Crippen LogP contribution in [-0.4, -0.2) is 5.78 Å². The van der Waals surface area contributed by atoms with Crippen LogP contribution in [0.15, 0.2) is 54.6 Å². The number of hydrogen-bond acceptors (Lipinski definition) is 2. The Morgan fingerprint density at radius 3 is 2.11 bits per heavy atom. The number of alkyl halides is 1. The largest absolute Gasteiger partial charge is 0.457 e. The lowest BCUT2D eigenvalue weighted by Crippen LogP contribution is -2.00. The van der Waals surface area contributed by atoms with Crippen LogP contribution in [0.1, 0.15) is 17.3 Å². The zero-order chi connectivity index (χ0) is 13.0. The Morgan fingerprint density at radius 1 is 1.00 bits per heavy atom. The lowest BCUT2D eigenvalue weighted by atomic mass is 10.1. The third-order valence-electron chi connectivity index (χ3n) is 2.51. The predicted octanol–water partition coefficient (Wildman–Crippen LogP) is 4.50. The van der Waals surface area contributed by atoms with E-state index in [4.69, 9.17) is 4.74 Å². The molecular formula is C15H13BrO2. The lowest BCUT2D eigenvalue weighted by molar-refractivity contribution is -0.116. The molecule has 0 aromatic heterocycles. The smallest absolute Gasteiger partial charge is 0.147 e. The van der Waals surface area contributed by atoms with Crippen LogP contribution < -0.4 is 4.74 Å². The van der Waals surface area contributed by atoms with Crippen molar-refractivity contribution in [1.29, 1.82) is 0 Å². The van der Waals surface area contributed by atoms with Crippen molar-refractivity contribution in [1.82, 2.24) is 0 Å². The molecule has 0 aliphatic rings. The van der Waals surface area contributed by atoms with Gasteiger partial charge in [-0.15, -0.1) is 0 Å². The van der Waals surface area contributed by atoms with E-state index in [1.165, 1.54) is 0 Å². The Bertz CT molecular complexity index is 520. The van der Waals surface area contributed by atoms with Gasteiger partial charge in [0.1, 0.15) is 17.3 Å². The molecule has 0 spiro atoms. The van der Waals surface area contributed by atoms with E-state index in [9.17, 15) is 4.79 Å². The molecular weight excluding hydrogens is 292 g/mol. The van der Waals surface area contributed by atoms with Gasteiger partial charge in [0, 0.05) is 0 Å². The molecule has 18 heavy (non-hydrogen) atoms. The first-order valence-electron chi connectivity index (χ1n) is 5.64. The predicted molar refractivity (Wildman–Crippen MR) is 75.3 cm³/mol. The summed E-state index contributed by atoms with van der Waals surface area (Å²) in [4.78, 5) is 11.0. The SMILES string of the molecule is CC(=O)C(Br)c1ccc(Oc2ccccc2)cc1. The molecule has 2 aromatic rings. The Morgan fingerprint density at radius 2 is 1.56 bits per heavy atom. The molecule has 1 atom stereocenters. The van der Waals surface area contributed by atoms with Gasteiger partial charge in [0.05, 0.1) is 4.83 Å². The summed E-state index contributed by atoms with van der Waals surface area (Å²) >= 11 is 3.35. The monoisotopic (exact) mass is 304 g/mol. The summed E-state index contributed by atoms with van der Waals surface area (Å²) in [6.45, 7) is 1.56. The number of hydrogen-bond donors (Lipinski definition) is 0. The van der Waals surface area contributed by atoms with Crippen molar-refractivity contribution in [2.75, 3.05) is 0 Å². The molecule has 2 rings (SSSR count). The van der Waals surface area contributed by atoms with E-state index in [0.717, 1.165) is 17.1 Å². The normalized spacial score (nSPS) is 11.9. The molecule has 0 radical (unpaired) electrons. The number of carbonyl (C=O) groups is 1. The van der Waals surface area contributed by atoms with Gasteiger partial charge in [-0.3, -0.25) is 4.79 Å². The minimum atomic E-state index is -0.247. The molecule has 0 bridgehead atoms. The minimum Gasteiger partial charge on any atom is -0.457 e. The van der Waals surface area contributed by atoms with Crippen LogP contribution in [0.4, 0.5) is 0 Å². The van der Waals surface area contributed by atoms with Crippen molar-refractivity contribution in [2.24, 2.45) is 0 Å². The summed E-state index contributed by atoms with van der Waals surface area (Å²) in [6, 6.07) is 17.1. The number of carbonyl (C=O) groups excluding carboxylic acids is 1. The average molecular weight is 305 g/mol. The zero-order valence-electron chi connectivity index (χ0n) is 9.97. The van der Waals surface area contributed by atoms with E-state index >= 15 is 0 Å². The Hall–Kier alpha value is -1.61. The fourth-order valence-corrected chi connectivity index (χ4v) is 1.87. The molecule has 0 amide bonds. The Kier molecular flexibility index (Phi) is 4.15. The van der Waals surface area contributed by atoms with Crippen LogP contribution in [0, 0.1) is 0 Å². The highest BCUT2D eigenvalue weighted by Gasteiger charge is 2.12. The molecule has 0 saturated heterocycles. The van der Waals surface area contributed by atoms with Gasteiger partial charge in [0.2, 0.25) is 0 Å². The summed E-state index contributed by atoms with van der Waals surface area (Å²) in [5.74, 6) is 1.65. The van der Waals surface area contributed by atoms with E-state index in [-0.39, 0.29) is 10.6 Å². The maximum absolute atomic E-state index is 11.2. The molecule has 0 aliphatic carbocycles. The van der Waals surface area contributed by atoms with Crippen molar-refractivity contribution in [2.45, 2.75) is 11.8 Å². The number of Topliss-reactive ketones (excluding diaryl/α,β-unsaturated/α-hetero) is 1. The number of para-hydroxylation sites is 1. The van der Waals surface area contributed by atoms with Crippen LogP contribution in [0.3, 0.4) is 0 Å². The van der Waals surface area contributed by atoms with Crippen LogP contribution >= 0.6 is 15.9 Å². The van der Waals surface area contributed by atoms with Crippen LogP contribution in [0.2, 0.25) is 0 Å². The fourth-order valence-electron chi connectivity index (χ4n) is 1.56. The highest BCUT2D eigenvalue weighted by atomic mass is 79.9. The lowest BCUT2D eigenvalue weighted by Gasteiger charge is -2.08. The van der Waals surface area contributed by atoms with Gasteiger partial charge >= 0.3 is 0 Å². The van der Waals surface area contributed by atoms with Crippen molar-refractivity contribution in [3.63, 3.8) is 0 Å². The molecule has 0 heterocycles. The van der Waals surface area contributed by atoms with E-state index in [0.29, 0.717) is 0 Å². The van der Waals surface area contributed by atoms with Crippen molar-refractivity contribution < 1.29 is 9.53 Å². The topological polar surface area (TPSA) is 26.3 Å². The zero-order valence-corrected chi connectivity index (χ0v) is 11.6. The molecule has 2 aromatic carbocycles. The molecule has 0 aliphatic heterocycles. The van der Waals surface area contributed by atoms with E-state index < -0.39 is 0 Å². The first-order valence-corrected chi connectivity index (χ1v) is 6.56. The molecule has 0 fully saturated rings. The number of ether oxygens (including phenoxy) is 1. The molecule has 0 saturated carbocycles. The van der Waals surface area contributed by atoms with Crippen molar-refractivity contribution in [3.8, 4) is 11.5 Å². The number of ketones is 1. The average Bonchev–Trinajstić information content (AvgIpc) is 2.40. The van der Waals surface area contributed by atoms with E-state index in [1.807, 2.05) is 54.6 Å². The highest BCUT2D eigenvalue weighted by molar-refractivity contribution is 9.09. The highest BCUT2D eigenvalue weighted by Crippen LogP contribution is 2.27. The summed E-state index contributed by atoms with van der Waals surface area (Å²) in [5, 5.41) is 0. The quantitative estimate of drug-likeness (QED) is 0.777. The van der Waals surface area contributed by atoms with Gasteiger partial charge in [-0.1, -0.05) is 46.3 Å². The molecule has 1 unspecified atom stereocenters. The maximum Gasteiger partial charge on any atom is 0.147 e. The molecule has 0 N–H and O–H groups in total. The van der Waals surface area contributed by atoms with E-state index in [1.54, 1.807) is 6.92 Å². The van der Waals surface area contributed by atoms with Crippen molar-refractivity contribution >= 4 is 21.7 Å². The summed E-state index contributed by atoms with van der Waals surface area (Å²) < 4.78 is 5.67. The molecule has 92 valence electrons. The second-order valence-corrected chi connectivity index (χ2v) is 4.87. The Balaban J connectivity index is 2.11. The van der Waals surface area contributed by atoms with Gasteiger partial charge in [0.25, 0.3) is 0 Å². The Labute approximate surface area is 115 Å². The van der Waals surface area contributed by atoms with Crippen LogP contribution in [-0.2, 0) is 4.79 Å².